The average molecular weight is 245 g/mol. The molecule has 0 saturated carbocycles. The van der Waals surface area contributed by atoms with E-state index in [1.54, 1.807) is 0 Å². The van der Waals surface area contributed by atoms with Gasteiger partial charge in [-0.1, -0.05) is 6.07 Å². The maximum atomic E-state index is 13.1. The van der Waals surface area contributed by atoms with Gasteiger partial charge in [-0.15, -0.1) is 0 Å². The second-order valence-electron chi connectivity index (χ2n) is 3.32. The molecule has 2 N–H and O–H groups in total. The number of carbonyl (C=O) groups is 1. The van der Waals surface area contributed by atoms with Crippen molar-refractivity contribution in [3.63, 3.8) is 0 Å². The third kappa shape index (κ3) is 3.67. The fourth-order valence-corrected chi connectivity index (χ4v) is 1.16. The molecule has 0 amide bonds. The van der Waals surface area contributed by atoms with E-state index >= 15 is 0 Å². The number of hydrogen-bond acceptors (Lipinski definition) is 4. The number of ether oxygens (including phenoxy) is 2. The lowest BCUT2D eigenvalue weighted by Gasteiger charge is -2.10. The normalized spacial score (nSPS) is 12.0. The third-order valence-electron chi connectivity index (χ3n) is 2.11. The summed E-state index contributed by atoms with van der Waals surface area (Å²) in [5.41, 5.74) is 5.44. The Labute approximate surface area is 97.3 Å². The summed E-state index contributed by atoms with van der Waals surface area (Å²) in [5, 5.41) is 0. The van der Waals surface area contributed by atoms with Crippen LogP contribution in [0.4, 0.5) is 8.78 Å². The minimum Gasteiger partial charge on any atom is -0.490 e. The van der Waals surface area contributed by atoms with Crippen LogP contribution in [0, 0.1) is 11.6 Å². The molecule has 1 unspecified atom stereocenters. The van der Waals surface area contributed by atoms with Crippen molar-refractivity contribution in [1.29, 1.82) is 0 Å². The Morgan fingerprint density at radius 1 is 1.47 bits per heavy atom. The van der Waals surface area contributed by atoms with Gasteiger partial charge in [0.05, 0.1) is 13.7 Å². The summed E-state index contributed by atoms with van der Waals surface area (Å²) >= 11 is 0. The van der Waals surface area contributed by atoms with Gasteiger partial charge >= 0.3 is 5.97 Å². The van der Waals surface area contributed by atoms with Crippen molar-refractivity contribution in [2.24, 2.45) is 5.73 Å². The fourth-order valence-electron chi connectivity index (χ4n) is 1.16. The number of rotatable bonds is 5. The fraction of sp³-hybridized carbons (Fsp3) is 0.364. The molecule has 0 radical (unpaired) electrons. The first kappa shape index (κ1) is 13.4. The molecule has 0 aliphatic carbocycles. The zero-order valence-corrected chi connectivity index (χ0v) is 9.28. The number of halogens is 2. The quantitative estimate of drug-likeness (QED) is 0.793. The summed E-state index contributed by atoms with van der Waals surface area (Å²) in [7, 11) is 1.22. The Kier molecular flexibility index (Phi) is 4.84. The lowest BCUT2D eigenvalue weighted by molar-refractivity contribution is -0.142. The number of hydrogen-bond donors (Lipinski definition) is 1. The summed E-state index contributed by atoms with van der Waals surface area (Å²) in [5.74, 6) is -2.82. The van der Waals surface area contributed by atoms with Gasteiger partial charge in [-0.2, -0.15) is 4.39 Å². The summed E-state index contributed by atoms with van der Waals surface area (Å²) in [6.45, 7) is -0.00333. The van der Waals surface area contributed by atoms with E-state index in [0.717, 1.165) is 6.07 Å². The summed E-state index contributed by atoms with van der Waals surface area (Å²) in [6.07, 6.45) is 0.155. The van der Waals surface area contributed by atoms with E-state index in [1.807, 2.05) is 0 Å². The molecule has 0 fully saturated rings. The number of nitrogens with two attached hydrogens (primary N) is 1. The van der Waals surface area contributed by atoms with Gasteiger partial charge in [0.25, 0.3) is 0 Å². The molecule has 0 saturated heterocycles. The van der Waals surface area contributed by atoms with E-state index in [1.165, 1.54) is 19.2 Å². The Morgan fingerprint density at radius 2 is 2.18 bits per heavy atom. The SMILES string of the molecule is COC(=O)C(N)CCOc1cccc(F)c1F. The van der Waals surface area contributed by atoms with Crippen LogP contribution in [0.3, 0.4) is 0 Å². The highest BCUT2D eigenvalue weighted by Gasteiger charge is 2.14. The van der Waals surface area contributed by atoms with Gasteiger partial charge in [-0.3, -0.25) is 4.79 Å². The maximum Gasteiger partial charge on any atom is 0.322 e. The Bertz CT molecular complexity index is 398. The molecule has 1 rings (SSSR count). The van der Waals surface area contributed by atoms with E-state index in [-0.39, 0.29) is 18.8 Å². The Hall–Kier alpha value is -1.69. The standard InChI is InChI=1S/C11H13F2NO3/c1-16-11(15)8(14)5-6-17-9-4-2-3-7(12)10(9)13/h2-4,8H,5-6,14H2,1H3. The van der Waals surface area contributed by atoms with Crippen LogP contribution < -0.4 is 10.5 Å². The molecule has 1 atom stereocenters. The molecule has 0 aliphatic rings. The molecule has 1 aromatic rings. The van der Waals surface area contributed by atoms with Crippen molar-refractivity contribution in [3.8, 4) is 5.75 Å². The number of esters is 1. The van der Waals surface area contributed by atoms with Gasteiger partial charge in [0, 0.05) is 6.42 Å². The van der Waals surface area contributed by atoms with Crippen LogP contribution in [0.15, 0.2) is 18.2 Å². The predicted molar refractivity (Wildman–Crippen MR) is 56.5 cm³/mol. The van der Waals surface area contributed by atoms with Crippen molar-refractivity contribution >= 4 is 5.97 Å². The highest BCUT2D eigenvalue weighted by atomic mass is 19.2. The highest BCUT2D eigenvalue weighted by molar-refractivity contribution is 5.75. The zero-order chi connectivity index (χ0) is 12.8. The highest BCUT2D eigenvalue weighted by Crippen LogP contribution is 2.19. The maximum absolute atomic E-state index is 13.1. The molecule has 0 spiro atoms. The second kappa shape index (κ2) is 6.15. The Morgan fingerprint density at radius 3 is 2.82 bits per heavy atom. The first-order chi connectivity index (χ1) is 8.06. The summed E-state index contributed by atoms with van der Waals surface area (Å²) in [4.78, 5) is 10.9. The van der Waals surface area contributed by atoms with E-state index in [0.29, 0.717) is 0 Å². The topological polar surface area (TPSA) is 61.5 Å². The number of benzene rings is 1. The third-order valence-corrected chi connectivity index (χ3v) is 2.11. The predicted octanol–water partition coefficient (Wildman–Crippen LogP) is 1.23. The van der Waals surface area contributed by atoms with Crippen LogP contribution in [0.25, 0.3) is 0 Å². The van der Waals surface area contributed by atoms with E-state index in [2.05, 4.69) is 4.74 Å². The van der Waals surface area contributed by atoms with Gasteiger partial charge in [-0.25, -0.2) is 4.39 Å². The molecule has 0 aromatic heterocycles. The number of carbonyl (C=O) groups excluding carboxylic acids is 1. The minimum atomic E-state index is -1.06. The molecule has 94 valence electrons. The van der Waals surface area contributed by atoms with Gasteiger partial charge in [0.1, 0.15) is 6.04 Å². The van der Waals surface area contributed by atoms with Crippen LogP contribution in [0.1, 0.15) is 6.42 Å². The van der Waals surface area contributed by atoms with Gasteiger partial charge in [0.15, 0.2) is 11.6 Å². The summed E-state index contributed by atoms with van der Waals surface area (Å²) < 4.78 is 35.3. The molecule has 0 bridgehead atoms. The first-order valence-electron chi connectivity index (χ1n) is 4.96. The molecular formula is C11H13F2NO3. The smallest absolute Gasteiger partial charge is 0.322 e. The average Bonchev–Trinajstić information content (AvgIpc) is 2.33. The van der Waals surface area contributed by atoms with Crippen LogP contribution >= 0.6 is 0 Å². The largest absolute Gasteiger partial charge is 0.490 e. The van der Waals surface area contributed by atoms with Gasteiger partial charge in [0.2, 0.25) is 5.82 Å². The minimum absolute atomic E-state index is 0.00333. The van der Waals surface area contributed by atoms with Crippen molar-refractivity contribution in [1.82, 2.24) is 0 Å². The molecule has 1 aromatic carbocycles. The van der Waals surface area contributed by atoms with Crippen molar-refractivity contribution in [3.05, 3.63) is 29.8 Å². The number of methoxy groups -OCH3 is 1. The monoisotopic (exact) mass is 245 g/mol. The van der Waals surface area contributed by atoms with E-state index in [9.17, 15) is 13.6 Å². The molecule has 0 heterocycles. The van der Waals surface area contributed by atoms with Crippen LogP contribution in [-0.4, -0.2) is 25.7 Å². The lowest BCUT2D eigenvalue weighted by Crippen LogP contribution is -2.33. The second-order valence-corrected chi connectivity index (χ2v) is 3.32. The first-order valence-corrected chi connectivity index (χ1v) is 4.96. The van der Waals surface area contributed by atoms with Crippen LogP contribution in [-0.2, 0) is 9.53 Å². The van der Waals surface area contributed by atoms with Crippen LogP contribution in [0.5, 0.6) is 5.75 Å². The lowest BCUT2D eigenvalue weighted by atomic mass is 10.2. The van der Waals surface area contributed by atoms with Crippen LogP contribution in [0.2, 0.25) is 0 Å². The zero-order valence-electron chi connectivity index (χ0n) is 9.28. The molecule has 6 heteroatoms. The van der Waals surface area contributed by atoms with Gasteiger partial charge in [-0.05, 0) is 12.1 Å². The van der Waals surface area contributed by atoms with E-state index in [4.69, 9.17) is 10.5 Å². The molecule has 17 heavy (non-hydrogen) atoms. The summed E-state index contributed by atoms with van der Waals surface area (Å²) in [6, 6.07) is 2.77. The van der Waals surface area contributed by atoms with Crippen molar-refractivity contribution in [2.75, 3.05) is 13.7 Å². The van der Waals surface area contributed by atoms with E-state index < -0.39 is 23.6 Å². The molecule has 4 nitrogen and oxygen atoms in total. The molecular weight excluding hydrogens is 232 g/mol. The van der Waals surface area contributed by atoms with Crippen molar-refractivity contribution < 1.29 is 23.0 Å². The van der Waals surface area contributed by atoms with Gasteiger partial charge < -0.3 is 15.2 Å². The van der Waals surface area contributed by atoms with Crippen molar-refractivity contribution in [2.45, 2.75) is 12.5 Å². The Balaban J connectivity index is 2.46. The molecule has 0 aliphatic heterocycles.